The van der Waals surface area contributed by atoms with Crippen molar-refractivity contribution in [3.63, 3.8) is 0 Å². The number of aliphatic hydroxyl groups is 1. The minimum atomic E-state index is -0.0370. The van der Waals surface area contributed by atoms with E-state index in [4.69, 9.17) is 0 Å². The van der Waals surface area contributed by atoms with E-state index in [9.17, 15) is 9.90 Å². The van der Waals surface area contributed by atoms with Gasteiger partial charge in [0.15, 0.2) is 5.65 Å². The molecule has 1 saturated heterocycles. The Morgan fingerprint density at radius 1 is 1.30 bits per heavy atom. The third-order valence-corrected chi connectivity index (χ3v) is 5.47. The number of aliphatic hydroxyl groups excluding tert-OH is 1. The number of hydrogen-bond acceptors (Lipinski definition) is 6. The van der Waals surface area contributed by atoms with Gasteiger partial charge in [0, 0.05) is 56.8 Å². The van der Waals surface area contributed by atoms with Crippen LogP contribution in [0.25, 0.3) is 5.65 Å². The second-order valence-electron chi connectivity index (χ2n) is 7.15. The van der Waals surface area contributed by atoms with E-state index < -0.39 is 0 Å². The van der Waals surface area contributed by atoms with Crippen LogP contribution in [0.3, 0.4) is 0 Å². The van der Waals surface area contributed by atoms with Gasteiger partial charge in [-0.2, -0.15) is 5.10 Å². The predicted octanol–water partition coefficient (Wildman–Crippen LogP) is 0.710. The van der Waals surface area contributed by atoms with Crippen molar-refractivity contribution in [1.29, 1.82) is 0 Å². The Bertz CT molecular complexity index is 773. The molecule has 1 N–H and O–H groups in total. The van der Waals surface area contributed by atoms with E-state index in [0.717, 1.165) is 31.7 Å². The average molecular weight is 374 g/mol. The number of aromatic nitrogens is 3. The van der Waals surface area contributed by atoms with Crippen LogP contribution < -0.4 is 0 Å². The highest BCUT2D eigenvalue weighted by molar-refractivity contribution is 5.99. The van der Waals surface area contributed by atoms with Gasteiger partial charge in [0.1, 0.15) is 5.56 Å². The SMILES string of the molecule is CCN(CC)Cc1cnc2c(C(=O)N3CCN(C)C(CCO)C3)cnn2c1. The maximum atomic E-state index is 13.0. The van der Waals surface area contributed by atoms with Crippen LogP contribution in [-0.4, -0.2) is 92.7 Å². The Kier molecular flexibility index (Phi) is 6.41. The molecule has 0 aromatic carbocycles. The van der Waals surface area contributed by atoms with Crippen molar-refractivity contribution >= 4 is 11.6 Å². The molecule has 0 aliphatic carbocycles. The van der Waals surface area contributed by atoms with Gasteiger partial charge < -0.3 is 10.0 Å². The van der Waals surface area contributed by atoms with Crippen molar-refractivity contribution < 1.29 is 9.90 Å². The summed E-state index contributed by atoms with van der Waals surface area (Å²) in [4.78, 5) is 23.9. The lowest BCUT2D eigenvalue weighted by Gasteiger charge is -2.39. The smallest absolute Gasteiger partial charge is 0.259 e. The van der Waals surface area contributed by atoms with Gasteiger partial charge in [-0.3, -0.25) is 14.6 Å². The van der Waals surface area contributed by atoms with Crippen molar-refractivity contribution in [3.8, 4) is 0 Å². The summed E-state index contributed by atoms with van der Waals surface area (Å²) in [6, 6.07) is 0.183. The highest BCUT2D eigenvalue weighted by atomic mass is 16.3. The predicted molar refractivity (Wildman–Crippen MR) is 104 cm³/mol. The monoisotopic (exact) mass is 374 g/mol. The molecule has 1 aliphatic heterocycles. The Labute approximate surface area is 160 Å². The summed E-state index contributed by atoms with van der Waals surface area (Å²) in [6.45, 7) is 9.29. The van der Waals surface area contributed by atoms with E-state index in [1.165, 1.54) is 0 Å². The second kappa shape index (κ2) is 8.77. The van der Waals surface area contributed by atoms with Crippen LogP contribution in [-0.2, 0) is 6.54 Å². The summed E-state index contributed by atoms with van der Waals surface area (Å²) in [7, 11) is 2.04. The van der Waals surface area contributed by atoms with Gasteiger partial charge in [0.2, 0.25) is 0 Å². The highest BCUT2D eigenvalue weighted by Gasteiger charge is 2.29. The first-order valence-electron chi connectivity index (χ1n) is 9.72. The van der Waals surface area contributed by atoms with Gasteiger partial charge in [-0.15, -0.1) is 0 Å². The number of carbonyl (C=O) groups is 1. The number of carbonyl (C=O) groups excluding carboxylic acids is 1. The van der Waals surface area contributed by atoms with E-state index in [1.807, 2.05) is 24.3 Å². The van der Waals surface area contributed by atoms with Crippen molar-refractivity contribution in [1.82, 2.24) is 29.3 Å². The molecule has 148 valence electrons. The molecule has 3 heterocycles. The molecular weight excluding hydrogens is 344 g/mol. The first-order valence-corrected chi connectivity index (χ1v) is 9.72. The number of rotatable bonds is 7. The van der Waals surface area contributed by atoms with Crippen LogP contribution in [0.4, 0.5) is 0 Å². The standard InChI is InChI=1S/C19H30N6O2/c1-4-23(5-2)12-15-10-20-18-17(11-21-25(18)13-15)19(27)24-8-7-22(3)16(14-24)6-9-26/h10-11,13,16,26H,4-9,12,14H2,1-3H3. The van der Waals surface area contributed by atoms with Crippen LogP contribution in [0, 0.1) is 0 Å². The Morgan fingerprint density at radius 3 is 2.78 bits per heavy atom. The summed E-state index contributed by atoms with van der Waals surface area (Å²) in [5, 5.41) is 13.6. The Balaban J connectivity index is 1.77. The molecule has 27 heavy (non-hydrogen) atoms. The van der Waals surface area contributed by atoms with Crippen LogP contribution in [0.15, 0.2) is 18.6 Å². The topological polar surface area (TPSA) is 77.2 Å². The van der Waals surface area contributed by atoms with Crippen LogP contribution in [0.5, 0.6) is 0 Å². The van der Waals surface area contributed by atoms with Crippen molar-refractivity contribution in [2.75, 3.05) is 46.4 Å². The maximum Gasteiger partial charge on any atom is 0.259 e. The third-order valence-electron chi connectivity index (χ3n) is 5.47. The van der Waals surface area contributed by atoms with Gasteiger partial charge >= 0.3 is 0 Å². The van der Waals surface area contributed by atoms with Gasteiger partial charge in [0.25, 0.3) is 5.91 Å². The Hall–Kier alpha value is -2.03. The van der Waals surface area contributed by atoms with Crippen LogP contribution in [0.2, 0.25) is 0 Å². The minimum Gasteiger partial charge on any atom is -0.396 e. The average Bonchev–Trinajstić information content (AvgIpc) is 3.10. The lowest BCUT2D eigenvalue weighted by molar-refractivity contribution is 0.0502. The van der Waals surface area contributed by atoms with E-state index in [1.54, 1.807) is 10.7 Å². The largest absolute Gasteiger partial charge is 0.396 e. The summed E-state index contributed by atoms with van der Waals surface area (Å²) in [6.07, 6.45) is 6.08. The van der Waals surface area contributed by atoms with Gasteiger partial charge in [0.05, 0.1) is 6.20 Å². The number of hydrogen-bond donors (Lipinski definition) is 1. The number of fused-ring (bicyclic) bond motifs is 1. The zero-order valence-corrected chi connectivity index (χ0v) is 16.5. The molecule has 1 fully saturated rings. The Morgan fingerprint density at radius 2 is 2.07 bits per heavy atom. The van der Waals surface area contributed by atoms with E-state index >= 15 is 0 Å². The van der Waals surface area contributed by atoms with Crippen molar-refractivity contribution in [3.05, 3.63) is 29.7 Å². The van der Waals surface area contributed by atoms with Gasteiger partial charge in [-0.1, -0.05) is 13.8 Å². The molecule has 0 radical (unpaired) electrons. The molecule has 8 nitrogen and oxygen atoms in total. The molecule has 1 amide bonds. The number of nitrogens with zero attached hydrogens (tertiary/aromatic N) is 6. The van der Waals surface area contributed by atoms with Crippen LogP contribution in [0.1, 0.15) is 36.2 Å². The highest BCUT2D eigenvalue weighted by Crippen LogP contribution is 2.17. The summed E-state index contributed by atoms with van der Waals surface area (Å²) in [5.41, 5.74) is 2.22. The maximum absolute atomic E-state index is 13.0. The fourth-order valence-corrected chi connectivity index (χ4v) is 3.61. The zero-order chi connectivity index (χ0) is 19.4. The quantitative estimate of drug-likeness (QED) is 0.769. The van der Waals surface area contributed by atoms with Crippen molar-refractivity contribution in [2.45, 2.75) is 32.9 Å². The molecule has 0 saturated carbocycles. The van der Waals surface area contributed by atoms with E-state index in [0.29, 0.717) is 30.7 Å². The number of likely N-dealkylation sites (N-methyl/N-ethyl adjacent to an activating group) is 1. The lowest BCUT2D eigenvalue weighted by atomic mass is 10.1. The van der Waals surface area contributed by atoms with Crippen molar-refractivity contribution in [2.24, 2.45) is 0 Å². The molecular formula is C19H30N6O2. The lowest BCUT2D eigenvalue weighted by Crippen LogP contribution is -2.53. The molecule has 0 spiro atoms. The molecule has 3 rings (SSSR count). The molecule has 1 unspecified atom stereocenters. The first kappa shape index (κ1) is 19.7. The van der Waals surface area contributed by atoms with Gasteiger partial charge in [-0.25, -0.2) is 9.50 Å². The fourth-order valence-electron chi connectivity index (χ4n) is 3.61. The van der Waals surface area contributed by atoms with Gasteiger partial charge in [-0.05, 0) is 26.6 Å². The van der Waals surface area contributed by atoms with E-state index in [-0.39, 0.29) is 18.6 Å². The minimum absolute atomic E-state index is 0.0370. The molecule has 1 aliphatic rings. The summed E-state index contributed by atoms with van der Waals surface area (Å²) in [5.74, 6) is -0.0370. The fraction of sp³-hybridized carbons (Fsp3) is 0.632. The molecule has 2 aromatic heterocycles. The summed E-state index contributed by atoms with van der Waals surface area (Å²) < 4.78 is 1.70. The van der Waals surface area contributed by atoms with E-state index in [2.05, 4.69) is 33.7 Å². The molecule has 2 aromatic rings. The normalized spacial score (nSPS) is 18.6. The zero-order valence-electron chi connectivity index (χ0n) is 16.5. The van der Waals surface area contributed by atoms with Crippen LogP contribution >= 0.6 is 0 Å². The number of amides is 1. The molecule has 0 bridgehead atoms. The first-order chi connectivity index (χ1) is 13.1. The number of piperazine rings is 1. The molecule has 1 atom stereocenters. The third kappa shape index (κ3) is 4.28. The molecule has 8 heteroatoms. The second-order valence-corrected chi connectivity index (χ2v) is 7.15. The summed E-state index contributed by atoms with van der Waals surface area (Å²) >= 11 is 0.